The van der Waals surface area contributed by atoms with Crippen LogP contribution in [0.4, 0.5) is 13.2 Å². The van der Waals surface area contributed by atoms with Gasteiger partial charge in [-0.15, -0.1) is 24.0 Å². The van der Waals surface area contributed by atoms with Gasteiger partial charge in [0.15, 0.2) is 5.96 Å². The summed E-state index contributed by atoms with van der Waals surface area (Å²) in [5, 5.41) is 6.51. The van der Waals surface area contributed by atoms with E-state index in [0.29, 0.717) is 24.8 Å². The molecule has 0 bridgehead atoms. The molecule has 8 heteroatoms. The van der Waals surface area contributed by atoms with Crippen LogP contribution >= 0.6 is 24.0 Å². The smallest absolute Gasteiger partial charge is 0.356 e. The molecule has 2 fully saturated rings. The van der Waals surface area contributed by atoms with Gasteiger partial charge in [0.1, 0.15) is 0 Å². The van der Waals surface area contributed by atoms with Crippen molar-refractivity contribution in [1.82, 2.24) is 15.5 Å². The topological polar surface area (TPSA) is 39.7 Å². The number of nitrogens with one attached hydrogen (secondary N) is 2. The Hall–Kier alpha value is -0.250. The lowest BCUT2D eigenvalue weighted by atomic mass is 9.81. The van der Waals surface area contributed by atoms with Crippen molar-refractivity contribution >= 4 is 29.9 Å². The minimum atomic E-state index is -4.05. The quantitative estimate of drug-likeness (QED) is 0.383. The Bertz CT molecular complexity index is 403. The highest BCUT2D eigenvalue weighted by Crippen LogP contribution is 2.39. The third kappa shape index (κ3) is 6.93. The number of hydrogen-bond acceptors (Lipinski definition) is 2. The molecule has 0 radical (unpaired) electrons. The van der Waals surface area contributed by atoms with E-state index >= 15 is 0 Å². The van der Waals surface area contributed by atoms with Crippen molar-refractivity contribution < 1.29 is 13.2 Å². The van der Waals surface area contributed by atoms with Gasteiger partial charge in [-0.1, -0.05) is 6.42 Å². The molecule has 4 nitrogen and oxygen atoms in total. The molecule has 142 valence electrons. The van der Waals surface area contributed by atoms with Crippen LogP contribution in [-0.2, 0) is 0 Å². The van der Waals surface area contributed by atoms with Crippen LogP contribution in [0.1, 0.15) is 32.1 Å². The molecule has 0 amide bonds. The summed E-state index contributed by atoms with van der Waals surface area (Å²) in [6, 6.07) is 0. The molecule has 0 spiro atoms. The third-order valence-electron chi connectivity index (χ3n) is 5.07. The summed E-state index contributed by atoms with van der Waals surface area (Å²) in [6.07, 6.45) is -0.826. The molecule has 24 heavy (non-hydrogen) atoms. The maximum atomic E-state index is 12.8. The van der Waals surface area contributed by atoms with Crippen LogP contribution in [0.15, 0.2) is 4.99 Å². The van der Waals surface area contributed by atoms with Crippen LogP contribution in [0.5, 0.6) is 0 Å². The lowest BCUT2D eigenvalue weighted by Gasteiger charge is -2.31. The summed E-state index contributed by atoms with van der Waals surface area (Å²) in [6.45, 7) is 3.63. The molecule has 1 aliphatic heterocycles. The first-order valence-corrected chi connectivity index (χ1v) is 8.58. The average molecular weight is 462 g/mol. The van der Waals surface area contributed by atoms with Crippen molar-refractivity contribution in [1.29, 1.82) is 0 Å². The van der Waals surface area contributed by atoms with E-state index < -0.39 is 12.1 Å². The van der Waals surface area contributed by atoms with Crippen LogP contribution < -0.4 is 10.6 Å². The minimum Gasteiger partial charge on any atom is -0.356 e. The van der Waals surface area contributed by atoms with Crippen molar-refractivity contribution in [2.24, 2.45) is 22.7 Å². The first kappa shape index (κ1) is 21.8. The molecule has 1 aliphatic carbocycles. The normalized spacial score (nSPS) is 29.2. The molecule has 0 aromatic rings. The molecule has 2 rings (SSSR count). The van der Waals surface area contributed by atoms with E-state index in [1.165, 1.54) is 6.42 Å². The predicted octanol–water partition coefficient (Wildman–Crippen LogP) is 3.09. The molecule has 2 aliphatic rings. The number of halogens is 4. The maximum absolute atomic E-state index is 12.8. The molecule has 0 aromatic carbocycles. The van der Waals surface area contributed by atoms with Gasteiger partial charge < -0.3 is 15.5 Å². The molecule has 1 saturated carbocycles. The summed E-state index contributed by atoms with van der Waals surface area (Å²) in [5.41, 5.74) is 0. The summed E-state index contributed by atoms with van der Waals surface area (Å²) in [5.74, 6) is 0.259. The lowest BCUT2D eigenvalue weighted by Crippen LogP contribution is -2.43. The van der Waals surface area contributed by atoms with Gasteiger partial charge in [-0.05, 0) is 51.1 Å². The fraction of sp³-hybridized carbons (Fsp3) is 0.938. The molecule has 0 aromatic heterocycles. The Balaban J connectivity index is 0.00000288. The van der Waals surface area contributed by atoms with Gasteiger partial charge in [0, 0.05) is 26.7 Å². The van der Waals surface area contributed by atoms with Crippen molar-refractivity contribution in [2.45, 2.75) is 38.3 Å². The Morgan fingerprint density at radius 3 is 2.33 bits per heavy atom. The van der Waals surface area contributed by atoms with E-state index in [0.717, 1.165) is 26.1 Å². The standard InChI is InChI=1S/C16H29F3N4.HI/c1-20-15(22-10-13-6-7-23(2)11-13)21-9-12-4-3-5-14(8-12)16(17,18)19;/h12-14H,3-11H2,1-2H3,(H2,20,21,22);1H. The molecule has 3 atom stereocenters. The van der Waals surface area contributed by atoms with Crippen LogP contribution in [0.25, 0.3) is 0 Å². The SMILES string of the molecule is CN=C(NCC1CCCC(C(F)(F)F)C1)NCC1CCN(C)C1.I. The fourth-order valence-electron chi connectivity index (χ4n) is 3.67. The summed E-state index contributed by atoms with van der Waals surface area (Å²) < 4.78 is 38.5. The number of hydrogen-bond donors (Lipinski definition) is 2. The fourth-order valence-corrected chi connectivity index (χ4v) is 3.67. The monoisotopic (exact) mass is 462 g/mol. The Kier molecular flexibility index (Phi) is 9.11. The predicted molar refractivity (Wildman–Crippen MR) is 102 cm³/mol. The maximum Gasteiger partial charge on any atom is 0.391 e. The van der Waals surface area contributed by atoms with Gasteiger partial charge in [0.2, 0.25) is 0 Å². The van der Waals surface area contributed by atoms with Gasteiger partial charge in [-0.3, -0.25) is 4.99 Å². The van der Waals surface area contributed by atoms with Crippen molar-refractivity contribution in [3.63, 3.8) is 0 Å². The van der Waals surface area contributed by atoms with E-state index in [4.69, 9.17) is 0 Å². The molecule has 1 heterocycles. The molecular weight excluding hydrogens is 432 g/mol. The van der Waals surface area contributed by atoms with E-state index in [1.54, 1.807) is 7.05 Å². The van der Waals surface area contributed by atoms with Crippen LogP contribution in [0, 0.1) is 17.8 Å². The second kappa shape index (κ2) is 10.0. The number of nitrogens with zero attached hydrogens (tertiary/aromatic N) is 2. The number of alkyl halides is 3. The average Bonchev–Trinajstić information content (AvgIpc) is 2.92. The lowest BCUT2D eigenvalue weighted by molar-refractivity contribution is -0.185. The van der Waals surface area contributed by atoms with Crippen LogP contribution in [-0.4, -0.2) is 57.3 Å². The number of guanidine groups is 1. The molecule has 2 N–H and O–H groups in total. The zero-order valence-corrected chi connectivity index (χ0v) is 16.9. The summed E-state index contributed by atoms with van der Waals surface area (Å²) in [7, 11) is 3.82. The van der Waals surface area contributed by atoms with Gasteiger partial charge in [-0.25, -0.2) is 0 Å². The van der Waals surface area contributed by atoms with Crippen LogP contribution in [0.2, 0.25) is 0 Å². The Morgan fingerprint density at radius 2 is 1.79 bits per heavy atom. The first-order chi connectivity index (χ1) is 10.9. The number of likely N-dealkylation sites (tertiary alicyclic amines) is 1. The van der Waals surface area contributed by atoms with E-state index in [1.807, 2.05) is 0 Å². The molecule has 1 saturated heterocycles. The van der Waals surface area contributed by atoms with Gasteiger partial charge in [-0.2, -0.15) is 13.2 Å². The first-order valence-electron chi connectivity index (χ1n) is 8.58. The van der Waals surface area contributed by atoms with E-state index in [9.17, 15) is 13.2 Å². The Labute approximate surface area is 160 Å². The third-order valence-corrected chi connectivity index (χ3v) is 5.07. The zero-order chi connectivity index (χ0) is 16.9. The second-order valence-corrected chi connectivity index (χ2v) is 7.02. The summed E-state index contributed by atoms with van der Waals surface area (Å²) >= 11 is 0. The van der Waals surface area contributed by atoms with Crippen molar-refractivity contribution in [3.05, 3.63) is 0 Å². The Morgan fingerprint density at radius 1 is 1.12 bits per heavy atom. The summed E-state index contributed by atoms with van der Waals surface area (Å²) in [4.78, 5) is 6.49. The van der Waals surface area contributed by atoms with E-state index in [-0.39, 0.29) is 42.7 Å². The van der Waals surface area contributed by atoms with Crippen molar-refractivity contribution in [3.8, 4) is 0 Å². The van der Waals surface area contributed by atoms with Crippen LogP contribution in [0.3, 0.4) is 0 Å². The number of aliphatic imine (C=N–C) groups is 1. The largest absolute Gasteiger partial charge is 0.391 e. The van der Waals surface area contributed by atoms with Gasteiger partial charge in [0.25, 0.3) is 0 Å². The minimum absolute atomic E-state index is 0. The molecular formula is C16H30F3IN4. The van der Waals surface area contributed by atoms with Crippen molar-refractivity contribution in [2.75, 3.05) is 40.3 Å². The van der Waals surface area contributed by atoms with Gasteiger partial charge in [0.05, 0.1) is 5.92 Å². The van der Waals surface area contributed by atoms with Gasteiger partial charge >= 0.3 is 6.18 Å². The molecule has 3 unspecified atom stereocenters. The highest BCUT2D eigenvalue weighted by Gasteiger charge is 2.42. The highest BCUT2D eigenvalue weighted by atomic mass is 127. The number of rotatable bonds is 4. The highest BCUT2D eigenvalue weighted by molar-refractivity contribution is 14.0. The zero-order valence-electron chi connectivity index (χ0n) is 14.5. The second-order valence-electron chi connectivity index (χ2n) is 7.02. The van der Waals surface area contributed by atoms with E-state index in [2.05, 4.69) is 27.6 Å².